The number of amides is 1. The quantitative estimate of drug-likeness (QED) is 0.855. The molecule has 0 unspecified atom stereocenters. The third-order valence-corrected chi connectivity index (χ3v) is 4.06. The molecular formula is C16H20BrNO4. The molecule has 5 nitrogen and oxygen atoms in total. The molecule has 1 saturated heterocycles. The van der Waals surface area contributed by atoms with Gasteiger partial charge in [-0.15, -0.1) is 0 Å². The van der Waals surface area contributed by atoms with Crippen LogP contribution in [0.2, 0.25) is 0 Å². The van der Waals surface area contributed by atoms with Gasteiger partial charge in [0.2, 0.25) is 0 Å². The van der Waals surface area contributed by atoms with Crippen molar-refractivity contribution < 1.29 is 19.4 Å². The van der Waals surface area contributed by atoms with Gasteiger partial charge in [0.25, 0.3) is 0 Å². The average molecular weight is 370 g/mol. The van der Waals surface area contributed by atoms with E-state index in [-0.39, 0.29) is 6.04 Å². The predicted molar refractivity (Wildman–Crippen MR) is 85.6 cm³/mol. The second-order valence-corrected chi connectivity index (χ2v) is 7.30. The second kappa shape index (κ2) is 6.28. The van der Waals surface area contributed by atoms with Crippen molar-refractivity contribution in [2.75, 3.05) is 0 Å². The fourth-order valence-corrected chi connectivity index (χ4v) is 2.90. The van der Waals surface area contributed by atoms with Gasteiger partial charge in [-0.1, -0.05) is 28.1 Å². The molecule has 0 saturated carbocycles. The van der Waals surface area contributed by atoms with E-state index in [0.717, 1.165) is 10.0 Å². The van der Waals surface area contributed by atoms with Gasteiger partial charge in [-0.25, -0.2) is 9.59 Å². The third kappa shape index (κ3) is 3.80. The SMILES string of the molecule is CC(C)(C)OC(=O)N1[C@@H](C(=O)O)CC[C@H]1c1ccc(Br)cc1. The van der Waals surface area contributed by atoms with Crippen molar-refractivity contribution in [3.05, 3.63) is 34.3 Å². The molecule has 0 aromatic heterocycles. The van der Waals surface area contributed by atoms with Crippen LogP contribution in [0.1, 0.15) is 45.2 Å². The molecule has 22 heavy (non-hydrogen) atoms. The van der Waals surface area contributed by atoms with Gasteiger partial charge in [0.15, 0.2) is 0 Å². The van der Waals surface area contributed by atoms with Gasteiger partial charge in [0.1, 0.15) is 11.6 Å². The van der Waals surface area contributed by atoms with E-state index >= 15 is 0 Å². The van der Waals surface area contributed by atoms with Crippen molar-refractivity contribution in [2.24, 2.45) is 0 Å². The first-order valence-electron chi connectivity index (χ1n) is 7.18. The van der Waals surface area contributed by atoms with E-state index in [2.05, 4.69) is 15.9 Å². The van der Waals surface area contributed by atoms with Crippen molar-refractivity contribution >= 4 is 28.0 Å². The topological polar surface area (TPSA) is 66.8 Å². The van der Waals surface area contributed by atoms with Gasteiger partial charge in [0.05, 0.1) is 6.04 Å². The molecule has 1 aliphatic heterocycles. The van der Waals surface area contributed by atoms with E-state index in [1.807, 2.05) is 24.3 Å². The molecule has 1 aromatic rings. The molecule has 0 spiro atoms. The predicted octanol–water partition coefficient (Wildman–Crippen LogP) is 3.97. The summed E-state index contributed by atoms with van der Waals surface area (Å²) in [5.74, 6) is -0.995. The summed E-state index contributed by atoms with van der Waals surface area (Å²) in [6.07, 6.45) is 0.456. The molecule has 0 aliphatic carbocycles. The van der Waals surface area contributed by atoms with E-state index in [9.17, 15) is 14.7 Å². The van der Waals surface area contributed by atoms with Crippen LogP contribution in [0, 0.1) is 0 Å². The first kappa shape index (κ1) is 16.8. The number of benzene rings is 1. The van der Waals surface area contributed by atoms with E-state index in [4.69, 9.17) is 4.74 Å². The summed E-state index contributed by atoms with van der Waals surface area (Å²) < 4.78 is 6.33. The van der Waals surface area contributed by atoms with Crippen LogP contribution >= 0.6 is 15.9 Å². The molecule has 1 fully saturated rings. The Morgan fingerprint density at radius 1 is 1.23 bits per heavy atom. The van der Waals surface area contributed by atoms with Gasteiger partial charge >= 0.3 is 12.1 Å². The monoisotopic (exact) mass is 369 g/mol. The fraction of sp³-hybridized carbons (Fsp3) is 0.500. The first-order chi connectivity index (χ1) is 10.2. The molecule has 1 aliphatic rings. The summed E-state index contributed by atoms with van der Waals surface area (Å²) in [6.45, 7) is 5.31. The lowest BCUT2D eigenvalue weighted by Crippen LogP contribution is -2.44. The van der Waals surface area contributed by atoms with Crippen LogP contribution in [0.25, 0.3) is 0 Å². The highest BCUT2D eigenvalue weighted by Crippen LogP contribution is 2.37. The summed E-state index contributed by atoms with van der Waals surface area (Å²) in [4.78, 5) is 25.3. The van der Waals surface area contributed by atoms with Crippen molar-refractivity contribution in [2.45, 2.75) is 51.3 Å². The largest absolute Gasteiger partial charge is 0.480 e. The normalized spacial score (nSPS) is 21.7. The molecule has 2 atom stereocenters. The summed E-state index contributed by atoms with van der Waals surface area (Å²) in [7, 11) is 0. The third-order valence-electron chi connectivity index (χ3n) is 3.53. The highest BCUT2D eigenvalue weighted by molar-refractivity contribution is 9.10. The lowest BCUT2D eigenvalue weighted by atomic mass is 10.1. The van der Waals surface area contributed by atoms with E-state index in [1.165, 1.54) is 4.90 Å². The Kier molecular flexibility index (Phi) is 4.80. The maximum Gasteiger partial charge on any atom is 0.411 e. The van der Waals surface area contributed by atoms with Gasteiger partial charge < -0.3 is 9.84 Å². The van der Waals surface area contributed by atoms with E-state index in [1.54, 1.807) is 20.8 Å². The van der Waals surface area contributed by atoms with Crippen molar-refractivity contribution in [3.8, 4) is 0 Å². The summed E-state index contributed by atoms with van der Waals surface area (Å²) in [5.41, 5.74) is 0.255. The maximum atomic E-state index is 12.5. The summed E-state index contributed by atoms with van der Waals surface area (Å²) >= 11 is 3.37. The number of carbonyl (C=O) groups is 2. The Balaban J connectivity index is 2.30. The number of rotatable bonds is 2. The highest BCUT2D eigenvalue weighted by Gasteiger charge is 2.43. The second-order valence-electron chi connectivity index (χ2n) is 6.39. The number of aliphatic carboxylic acids is 1. The standard InChI is InChI=1S/C16H20BrNO4/c1-16(2,3)22-15(21)18-12(8-9-13(18)14(19)20)10-4-6-11(17)7-5-10/h4-7,12-13H,8-9H2,1-3H3,(H,19,20)/t12-,13+/m0/s1. The zero-order valence-corrected chi connectivity index (χ0v) is 14.5. The van der Waals surface area contributed by atoms with Crippen LogP contribution in [0.15, 0.2) is 28.7 Å². The lowest BCUT2D eigenvalue weighted by molar-refractivity contribution is -0.142. The number of ether oxygens (including phenoxy) is 1. The highest BCUT2D eigenvalue weighted by atomic mass is 79.9. The number of nitrogens with zero attached hydrogens (tertiary/aromatic N) is 1. The minimum Gasteiger partial charge on any atom is -0.480 e. The molecule has 1 aromatic carbocycles. The number of carbonyl (C=O) groups excluding carboxylic acids is 1. The van der Waals surface area contributed by atoms with Crippen molar-refractivity contribution in [1.82, 2.24) is 4.90 Å². The van der Waals surface area contributed by atoms with Gasteiger partial charge in [-0.05, 0) is 51.3 Å². The van der Waals surface area contributed by atoms with Crippen LogP contribution in [-0.2, 0) is 9.53 Å². The van der Waals surface area contributed by atoms with Gasteiger partial charge in [-0.3, -0.25) is 4.90 Å². The lowest BCUT2D eigenvalue weighted by Gasteiger charge is -2.31. The van der Waals surface area contributed by atoms with Crippen LogP contribution in [0.5, 0.6) is 0 Å². The smallest absolute Gasteiger partial charge is 0.411 e. The van der Waals surface area contributed by atoms with Gasteiger partial charge in [-0.2, -0.15) is 0 Å². The number of hydrogen-bond acceptors (Lipinski definition) is 3. The molecule has 120 valence electrons. The molecule has 1 N–H and O–H groups in total. The van der Waals surface area contributed by atoms with Crippen molar-refractivity contribution in [1.29, 1.82) is 0 Å². The molecule has 1 heterocycles. The molecule has 0 bridgehead atoms. The minimum absolute atomic E-state index is 0.274. The zero-order valence-electron chi connectivity index (χ0n) is 12.9. The fourth-order valence-electron chi connectivity index (χ4n) is 2.63. The van der Waals surface area contributed by atoms with Crippen LogP contribution in [0.4, 0.5) is 4.79 Å². The molecule has 0 radical (unpaired) electrons. The van der Waals surface area contributed by atoms with Gasteiger partial charge in [0, 0.05) is 4.47 Å². The summed E-state index contributed by atoms with van der Waals surface area (Å²) in [6, 6.07) is 6.45. The van der Waals surface area contributed by atoms with E-state index in [0.29, 0.717) is 12.8 Å². The average Bonchev–Trinajstić information content (AvgIpc) is 2.82. The molecule has 6 heteroatoms. The van der Waals surface area contributed by atoms with Crippen LogP contribution in [-0.4, -0.2) is 33.7 Å². The first-order valence-corrected chi connectivity index (χ1v) is 7.98. The Morgan fingerprint density at radius 2 is 1.82 bits per heavy atom. The number of carboxylic acid groups (broad SMARTS) is 1. The zero-order chi connectivity index (χ0) is 16.5. The maximum absolute atomic E-state index is 12.5. The summed E-state index contributed by atoms with van der Waals surface area (Å²) in [5, 5.41) is 9.38. The Morgan fingerprint density at radius 3 is 2.32 bits per heavy atom. The van der Waals surface area contributed by atoms with E-state index < -0.39 is 23.7 Å². The Labute approximate surface area is 138 Å². The minimum atomic E-state index is -0.995. The number of hydrogen-bond donors (Lipinski definition) is 1. The number of likely N-dealkylation sites (tertiary alicyclic amines) is 1. The molecule has 2 rings (SSSR count). The van der Waals surface area contributed by atoms with Crippen molar-refractivity contribution in [3.63, 3.8) is 0 Å². The van der Waals surface area contributed by atoms with Crippen LogP contribution in [0.3, 0.4) is 0 Å². The Hall–Kier alpha value is -1.56. The molecule has 1 amide bonds. The molecular weight excluding hydrogens is 350 g/mol. The number of carboxylic acids is 1. The van der Waals surface area contributed by atoms with Crippen LogP contribution < -0.4 is 0 Å². The Bertz CT molecular complexity index is 565. The number of halogens is 1.